The normalized spacial score (nSPS) is 22.6. The molecular formula is C15H18BrNO2. The van der Waals surface area contributed by atoms with Crippen LogP contribution in [0.3, 0.4) is 0 Å². The average molecular weight is 324 g/mol. The quantitative estimate of drug-likeness (QED) is 0.929. The lowest BCUT2D eigenvalue weighted by Gasteiger charge is -2.40. The first-order valence-corrected chi connectivity index (χ1v) is 7.54. The molecule has 19 heavy (non-hydrogen) atoms. The van der Waals surface area contributed by atoms with E-state index < -0.39 is 11.4 Å². The Morgan fingerprint density at radius 2 is 2.11 bits per heavy atom. The Morgan fingerprint density at radius 3 is 2.53 bits per heavy atom. The van der Waals surface area contributed by atoms with Gasteiger partial charge in [-0.25, -0.2) is 0 Å². The molecule has 1 saturated carbocycles. The van der Waals surface area contributed by atoms with Crippen molar-refractivity contribution in [3.05, 3.63) is 33.8 Å². The van der Waals surface area contributed by atoms with Crippen LogP contribution >= 0.6 is 15.9 Å². The van der Waals surface area contributed by atoms with Crippen molar-refractivity contribution in [1.82, 2.24) is 4.90 Å². The molecule has 3 nitrogen and oxygen atoms in total. The molecule has 0 unspecified atom stereocenters. The molecule has 0 spiro atoms. The van der Waals surface area contributed by atoms with Crippen molar-refractivity contribution >= 4 is 21.9 Å². The Kier molecular flexibility index (Phi) is 3.18. The van der Waals surface area contributed by atoms with Gasteiger partial charge in [0.15, 0.2) is 0 Å². The zero-order valence-corrected chi connectivity index (χ0v) is 12.6. The number of nitrogens with zero attached hydrogens (tertiary/aromatic N) is 1. The van der Waals surface area contributed by atoms with Crippen LogP contribution in [0.2, 0.25) is 0 Å². The maximum atomic E-state index is 11.5. The lowest BCUT2D eigenvalue weighted by atomic mass is 9.64. The number of benzene rings is 1. The SMILES string of the molecule is CN1CC(c2ccc(C3(C(=O)O)CCC3)cc2Br)C1. The molecule has 2 aliphatic rings. The van der Waals surface area contributed by atoms with Gasteiger partial charge in [-0.15, -0.1) is 0 Å². The van der Waals surface area contributed by atoms with Crippen molar-refractivity contribution < 1.29 is 9.90 Å². The highest BCUT2D eigenvalue weighted by Gasteiger charge is 2.46. The molecule has 1 aromatic carbocycles. The van der Waals surface area contributed by atoms with E-state index in [4.69, 9.17) is 0 Å². The molecule has 3 rings (SSSR count). The van der Waals surface area contributed by atoms with Gasteiger partial charge < -0.3 is 10.0 Å². The van der Waals surface area contributed by atoms with E-state index in [1.807, 2.05) is 12.1 Å². The van der Waals surface area contributed by atoms with Crippen molar-refractivity contribution in [3.63, 3.8) is 0 Å². The molecule has 1 aromatic rings. The highest BCUT2D eigenvalue weighted by Crippen LogP contribution is 2.45. The van der Waals surface area contributed by atoms with Gasteiger partial charge in [0.05, 0.1) is 5.41 Å². The molecule has 2 fully saturated rings. The fraction of sp³-hybridized carbons (Fsp3) is 0.533. The van der Waals surface area contributed by atoms with Crippen molar-refractivity contribution in [2.75, 3.05) is 20.1 Å². The monoisotopic (exact) mass is 323 g/mol. The second-order valence-corrected chi connectivity index (χ2v) is 6.75. The van der Waals surface area contributed by atoms with Crippen molar-refractivity contribution in [1.29, 1.82) is 0 Å². The minimum Gasteiger partial charge on any atom is -0.481 e. The van der Waals surface area contributed by atoms with E-state index in [-0.39, 0.29) is 0 Å². The van der Waals surface area contributed by atoms with Gasteiger partial charge in [0.2, 0.25) is 0 Å². The second kappa shape index (κ2) is 4.60. The van der Waals surface area contributed by atoms with E-state index in [9.17, 15) is 9.90 Å². The van der Waals surface area contributed by atoms with Crippen molar-refractivity contribution in [2.45, 2.75) is 30.6 Å². The third kappa shape index (κ3) is 2.01. The zero-order chi connectivity index (χ0) is 13.6. The Labute approximate surface area is 121 Å². The van der Waals surface area contributed by atoms with Gasteiger partial charge >= 0.3 is 5.97 Å². The van der Waals surface area contributed by atoms with E-state index in [0.717, 1.165) is 42.4 Å². The average Bonchev–Trinajstić information content (AvgIpc) is 2.23. The predicted molar refractivity (Wildman–Crippen MR) is 77.5 cm³/mol. The molecular weight excluding hydrogens is 306 g/mol. The first-order valence-electron chi connectivity index (χ1n) is 6.75. The maximum Gasteiger partial charge on any atom is 0.314 e. The Bertz CT molecular complexity index is 519. The number of carbonyl (C=O) groups is 1. The lowest BCUT2D eigenvalue weighted by molar-refractivity contribution is -0.147. The van der Waals surface area contributed by atoms with Gasteiger partial charge in [0.1, 0.15) is 0 Å². The predicted octanol–water partition coefficient (Wildman–Crippen LogP) is 2.98. The summed E-state index contributed by atoms with van der Waals surface area (Å²) < 4.78 is 1.07. The van der Waals surface area contributed by atoms with Gasteiger partial charge in [0.25, 0.3) is 0 Å². The third-order valence-corrected chi connectivity index (χ3v) is 5.36. The van der Waals surface area contributed by atoms with E-state index in [1.165, 1.54) is 5.56 Å². The van der Waals surface area contributed by atoms with Crippen LogP contribution in [0.25, 0.3) is 0 Å². The molecule has 4 heteroatoms. The molecule has 1 aliphatic heterocycles. The van der Waals surface area contributed by atoms with Crippen LogP contribution in [0.4, 0.5) is 0 Å². The van der Waals surface area contributed by atoms with Crippen LogP contribution in [0, 0.1) is 0 Å². The molecule has 0 aromatic heterocycles. The summed E-state index contributed by atoms with van der Waals surface area (Å²) >= 11 is 3.63. The van der Waals surface area contributed by atoms with Crippen LogP contribution in [0.15, 0.2) is 22.7 Å². The van der Waals surface area contributed by atoms with Gasteiger partial charge in [-0.05, 0) is 37.1 Å². The number of hydrogen-bond donors (Lipinski definition) is 1. The molecule has 1 heterocycles. The largest absolute Gasteiger partial charge is 0.481 e. The van der Waals surface area contributed by atoms with Crippen LogP contribution in [0.1, 0.15) is 36.3 Å². The summed E-state index contributed by atoms with van der Waals surface area (Å²) in [6, 6.07) is 6.16. The van der Waals surface area contributed by atoms with Crippen molar-refractivity contribution in [3.8, 4) is 0 Å². The molecule has 0 amide bonds. The fourth-order valence-corrected chi connectivity index (χ4v) is 3.91. The van der Waals surface area contributed by atoms with Crippen LogP contribution in [-0.4, -0.2) is 36.1 Å². The minimum atomic E-state index is -0.679. The standard InChI is InChI=1S/C15H18BrNO2/c1-17-8-10(9-17)12-4-3-11(7-13(12)16)15(14(18)19)5-2-6-15/h3-4,7,10H,2,5-6,8-9H2,1H3,(H,18,19). The first-order chi connectivity index (χ1) is 9.03. The molecule has 1 aliphatic carbocycles. The number of aliphatic carboxylic acids is 1. The molecule has 1 N–H and O–H groups in total. The van der Waals surface area contributed by atoms with Crippen molar-refractivity contribution in [2.24, 2.45) is 0 Å². The smallest absolute Gasteiger partial charge is 0.314 e. The minimum absolute atomic E-state index is 0.579. The van der Waals surface area contributed by atoms with Gasteiger partial charge in [-0.1, -0.05) is 34.5 Å². The summed E-state index contributed by atoms with van der Waals surface area (Å²) in [6.07, 6.45) is 2.54. The zero-order valence-electron chi connectivity index (χ0n) is 11.0. The third-order valence-electron chi connectivity index (χ3n) is 4.67. The Morgan fingerprint density at radius 1 is 1.42 bits per heavy atom. The highest BCUT2D eigenvalue weighted by molar-refractivity contribution is 9.10. The number of hydrogen-bond acceptors (Lipinski definition) is 2. The molecule has 0 atom stereocenters. The number of halogens is 1. The van der Waals surface area contributed by atoms with Crippen LogP contribution in [0.5, 0.6) is 0 Å². The molecule has 0 radical (unpaired) electrons. The summed E-state index contributed by atoms with van der Waals surface area (Å²) in [5.41, 5.74) is 1.63. The van der Waals surface area contributed by atoms with Gasteiger partial charge in [-0.2, -0.15) is 0 Å². The Hall–Kier alpha value is -0.870. The fourth-order valence-electron chi connectivity index (χ4n) is 3.21. The number of carboxylic acids is 1. The number of rotatable bonds is 3. The van der Waals surface area contributed by atoms with Crippen LogP contribution < -0.4 is 0 Å². The molecule has 102 valence electrons. The van der Waals surface area contributed by atoms with E-state index in [0.29, 0.717) is 5.92 Å². The Balaban J connectivity index is 1.89. The van der Waals surface area contributed by atoms with E-state index in [2.05, 4.69) is 33.9 Å². The number of likely N-dealkylation sites (N-methyl/N-ethyl adjacent to an activating group) is 1. The second-order valence-electron chi connectivity index (χ2n) is 5.90. The number of likely N-dealkylation sites (tertiary alicyclic amines) is 1. The summed E-state index contributed by atoms with van der Waals surface area (Å²) in [4.78, 5) is 13.8. The summed E-state index contributed by atoms with van der Waals surface area (Å²) in [7, 11) is 2.12. The van der Waals surface area contributed by atoms with Gasteiger partial charge in [0, 0.05) is 23.5 Å². The summed E-state index contributed by atoms with van der Waals surface area (Å²) in [5.74, 6) is -0.0997. The topological polar surface area (TPSA) is 40.5 Å². The number of carboxylic acid groups (broad SMARTS) is 1. The summed E-state index contributed by atoms with van der Waals surface area (Å²) in [6.45, 7) is 2.17. The highest BCUT2D eigenvalue weighted by atomic mass is 79.9. The summed E-state index contributed by atoms with van der Waals surface area (Å²) in [5, 5.41) is 9.48. The lowest BCUT2D eigenvalue weighted by Crippen LogP contribution is -2.43. The maximum absolute atomic E-state index is 11.5. The first kappa shape index (κ1) is 13.1. The van der Waals surface area contributed by atoms with Crippen LogP contribution in [-0.2, 0) is 10.2 Å². The van der Waals surface area contributed by atoms with Gasteiger partial charge in [-0.3, -0.25) is 4.79 Å². The van der Waals surface area contributed by atoms with E-state index >= 15 is 0 Å². The molecule has 0 bridgehead atoms. The molecule has 1 saturated heterocycles. The van der Waals surface area contributed by atoms with E-state index in [1.54, 1.807) is 0 Å².